The average Bonchev–Trinajstić information content (AvgIpc) is 3.42. The first-order valence-corrected chi connectivity index (χ1v) is 13.0. The summed E-state index contributed by atoms with van der Waals surface area (Å²) in [5, 5.41) is 6.04. The highest BCUT2D eigenvalue weighted by atomic mass is 16.2. The molecule has 1 heterocycles. The summed E-state index contributed by atoms with van der Waals surface area (Å²) < 4.78 is 0. The van der Waals surface area contributed by atoms with Gasteiger partial charge in [0.2, 0.25) is 0 Å². The standard InChI is InChI=1S/C29H36N6O2/c1-4-35(19-18-34(2)3)26-20-25(31-27(33-26)21-12-6-5-7-13-21)29(37)32-24-17-11-10-16-23(24)28(36)30-22-14-8-9-15-22/h5-7,10-13,16-17,20,22H,4,8-9,14-15,18-19H2,1-3H3,(H,30,36)(H,32,37). The molecule has 37 heavy (non-hydrogen) atoms. The van der Waals surface area contributed by atoms with Gasteiger partial charge >= 0.3 is 0 Å². The van der Waals surface area contributed by atoms with Crippen molar-refractivity contribution in [2.45, 2.75) is 38.6 Å². The van der Waals surface area contributed by atoms with Crippen LogP contribution in [0.5, 0.6) is 0 Å². The van der Waals surface area contributed by atoms with Crippen molar-refractivity contribution in [2.75, 3.05) is 43.9 Å². The van der Waals surface area contributed by atoms with Gasteiger partial charge in [-0.15, -0.1) is 0 Å². The molecule has 194 valence electrons. The van der Waals surface area contributed by atoms with E-state index in [0.29, 0.717) is 22.9 Å². The molecule has 8 nitrogen and oxygen atoms in total. The van der Waals surface area contributed by atoms with Crippen molar-refractivity contribution < 1.29 is 9.59 Å². The zero-order valence-corrected chi connectivity index (χ0v) is 21.9. The number of aromatic nitrogens is 2. The summed E-state index contributed by atoms with van der Waals surface area (Å²) >= 11 is 0. The molecule has 1 saturated carbocycles. The number of nitrogens with zero attached hydrogens (tertiary/aromatic N) is 4. The molecule has 3 aromatic rings. The van der Waals surface area contributed by atoms with Crippen LogP contribution in [-0.4, -0.2) is 66.5 Å². The number of carbonyl (C=O) groups excluding carboxylic acids is 2. The second-order valence-corrected chi connectivity index (χ2v) is 9.64. The Hall–Kier alpha value is -3.78. The van der Waals surface area contributed by atoms with E-state index in [9.17, 15) is 9.59 Å². The molecule has 2 amide bonds. The van der Waals surface area contributed by atoms with Gasteiger partial charge in [0.15, 0.2) is 5.82 Å². The van der Waals surface area contributed by atoms with Gasteiger partial charge in [-0.1, -0.05) is 55.3 Å². The lowest BCUT2D eigenvalue weighted by molar-refractivity contribution is 0.0938. The quantitative estimate of drug-likeness (QED) is 0.427. The Morgan fingerprint density at radius 1 is 0.919 bits per heavy atom. The summed E-state index contributed by atoms with van der Waals surface area (Å²) in [6.45, 7) is 4.42. The van der Waals surface area contributed by atoms with Gasteiger partial charge in [-0.05, 0) is 46.0 Å². The lowest BCUT2D eigenvalue weighted by Crippen LogP contribution is -2.33. The Balaban J connectivity index is 1.63. The SMILES string of the molecule is CCN(CCN(C)C)c1cc(C(=O)Nc2ccccc2C(=O)NC2CCCC2)nc(-c2ccccc2)n1. The number of nitrogens with one attached hydrogen (secondary N) is 2. The number of anilines is 2. The van der Waals surface area contributed by atoms with Gasteiger partial charge in [0.25, 0.3) is 11.8 Å². The predicted molar refractivity (Wildman–Crippen MR) is 148 cm³/mol. The van der Waals surface area contributed by atoms with E-state index in [-0.39, 0.29) is 23.6 Å². The summed E-state index contributed by atoms with van der Waals surface area (Å²) in [5.41, 5.74) is 1.99. The van der Waals surface area contributed by atoms with Gasteiger partial charge in [0, 0.05) is 37.3 Å². The number of hydrogen-bond acceptors (Lipinski definition) is 6. The van der Waals surface area contributed by atoms with Gasteiger partial charge in [0.05, 0.1) is 11.3 Å². The highest BCUT2D eigenvalue weighted by molar-refractivity contribution is 6.08. The molecule has 4 rings (SSSR count). The van der Waals surface area contributed by atoms with E-state index in [2.05, 4.69) is 32.3 Å². The van der Waals surface area contributed by atoms with Crippen LogP contribution in [0.1, 0.15) is 53.5 Å². The first-order chi connectivity index (χ1) is 17.9. The van der Waals surface area contributed by atoms with Crippen LogP contribution in [0.25, 0.3) is 11.4 Å². The predicted octanol–water partition coefficient (Wildman–Crippen LogP) is 4.46. The van der Waals surface area contributed by atoms with Crippen LogP contribution >= 0.6 is 0 Å². The fourth-order valence-electron chi connectivity index (χ4n) is 4.49. The second-order valence-electron chi connectivity index (χ2n) is 9.64. The Kier molecular flexibility index (Phi) is 8.85. The van der Waals surface area contributed by atoms with Crippen molar-refractivity contribution in [2.24, 2.45) is 0 Å². The van der Waals surface area contributed by atoms with Crippen molar-refractivity contribution >= 4 is 23.3 Å². The van der Waals surface area contributed by atoms with Gasteiger partial charge < -0.3 is 20.4 Å². The summed E-state index contributed by atoms with van der Waals surface area (Å²) in [4.78, 5) is 40.1. The number of amides is 2. The smallest absolute Gasteiger partial charge is 0.274 e. The fraction of sp³-hybridized carbons (Fsp3) is 0.379. The average molecular weight is 501 g/mol. The number of para-hydroxylation sites is 1. The minimum Gasteiger partial charge on any atom is -0.355 e. The minimum atomic E-state index is -0.384. The van der Waals surface area contributed by atoms with E-state index < -0.39 is 0 Å². The third kappa shape index (κ3) is 6.92. The molecule has 8 heteroatoms. The molecule has 0 unspecified atom stereocenters. The van der Waals surface area contributed by atoms with Crippen LogP contribution in [0, 0.1) is 0 Å². The normalized spacial score (nSPS) is 13.5. The lowest BCUT2D eigenvalue weighted by atomic mass is 10.1. The van der Waals surface area contributed by atoms with Crippen molar-refractivity contribution in [1.82, 2.24) is 20.2 Å². The van der Waals surface area contributed by atoms with E-state index in [4.69, 9.17) is 4.98 Å². The molecule has 0 spiro atoms. The largest absolute Gasteiger partial charge is 0.355 e. The molecule has 2 aromatic carbocycles. The molecule has 1 fully saturated rings. The molecule has 0 bridgehead atoms. The number of hydrogen-bond donors (Lipinski definition) is 2. The molecule has 1 aliphatic carbocycles. The number of carbonyl (C=O) groups is 2. The van der Waals surface area contributed by atoms with E-state index >= 15 is 0 Å². The van der Waals surface area contributed by atoms with Crippen LogP contribution in [0.15, 0.2) is 60.7 Å². The number of likely N-dealkylation sites (N-methyl/N-ethyl adjacent to an activating group) is 2. The zero-order valence-electron chi connectivity index (χ0n) is 21.9. The first-order valence-electron chi connectivity index (χ1n) is 13.0. The van der Waals surface area contributed by atoms with Crippen LogP contribution in [-0.2, 0) is 0 Å². The van der Waals surface area contributed by atoms with Gasteiger partial charge in [0.1, 0.15) is 11.5 Å². The lowest BCUT2D eigenvalue weighted by Gasteiger charge is -2.24. The minimum absolute atomic E-state index is 0.169. The van der Waals surface area contributed by atoms with Gasteiger partial charge in [-0.25, -0.2) is 9.97 Å². The molecule has 1 aromatic heterocycles. The van der Waals surface area contributed by atoms with Crippen LogP contribution < -0.4 is 15.5 Å². The summed E-state index contributed by atoms with van der Waals surface area (Å²) in [6, 6.07) is 18.7. The topological polar surface area (TPSA) is 90.5 Å². The second kappa shape index (κ2) is 12.5. The molecular weight excluding hydrogens is 464 g/mol. The molecule has 1 aliphatic rings. The van der Waals surface area contributed by atoms with Crippen molar-refractivity contribution in [1.29, 1.82) is 0 Å². The third-order valence-electron chi connectivity index (χ3n) is 6.61. The summed E-state index contributed by atoms with van der Waals surface area (Å²) in [5.74, 6) is 0.622. The fourth-order valence-corrected chi connectivity index (χ4v) is 4.49. The summed E-state index contributed by atoms with van der Waals surface area (Å²) in [7, 11) is 4.06. The van der Waals surface area contributed by atoms with Gasteiger partial charge in [-0.3, -0.25) is 9.59 Å². The maximum absolute atomic E-state index is 13.5. The molecule has 0 radical (unpaired) electrons. The maximum Gasteiger partial charge on any atom is 0.274 e. The highest BCUT2D eigenvalue weighted by Crippen LogP contribution is 2.23. The van der Waals surface area contributed by atoms with Crippen LogP contribution in [0.4, 0.5) is 11.5 Å². The van der Waals surface area contributed by atoms with Crippen LogP contribution in [0.2, 0.25) is 0 Å². The molecule has 0 saturated heterocycles. The van der Waals surface area contributed by atoms with Crippen LogP contribution in [0.3, 0.4) is 0 Å². The number of benzene rings is 2. The zero-order chi connectivity index (χ0) is 26.2. The molecular formula is C29H36N6O2. The van der Waals surface area contributed by atoms with E-state index in [1.807, 2.05) is 50.5 Å². The number of rotatable bonds is 10. The third-order valence-corrected chi connectivity index (χ3v) is 6.61. The summed E-state index contributed by atoms with van der Waals surface area (Å²) in [6.07, 6.45) is 4.25. The maximum atomic E-state index is 13.5. The first kappa shape index (κ1) is 26.3. The highest BCUT2D eigenvalue weighted by Gasteiger charge is 2.22. The van der Waals surface area contributed by atoms with E-state index in [0.717, 1.165) is 50.9 Å². The Bertz CT molecular complexity index is 1210. The molecule has 2 N–H and O–H groups in total. The monoisotopic (exact) mass is 500 g/mol. The van der Waals surface area contributed by atoms with E-state index in [1.54, 1.807) is 24.3 Å². The Labute approximate surface area is 219 Å². The van der Waals surface area contributed by atoms with Gasteiger partial charge in [-0.2, -0.15) is 0 Å². The van der Waals surface area contributed by atoms with Crippen molar-refractivity contribution in [3.63, 3.8) is 0 Å². The molecule has 0 aliphatic heterocycles. The van der Waals surface area contributed by atoms with Crippen molar-refractivity contribution in [3.05, 3.63) is 71.9 Å². The molecule has 0 atom stereocenters. The Morgan fingerprint density at radius 2 is 1.62 bits per heavy atom. The van der Waals surface area contributed by atoms with Crippen molar-refractivity contribution in [3.8, 4) is 11.4 Å². The van der Waals surface area contributed by atoms with E-state index in [1.165, 1.54) is 0 Å². The Morgan fingerprint density at radius 3 is 2.32 bits per heavy atom.